The zero-order valence-electron chi connectivity index (χ0n) is 47.2. The molecule has 1 aromatic rings. The molecule has 0 bridgehead atoms. The fourth-order valence-electron chi connectivity index (χ4n) is 9.85. The van der Waals surface area contributed by atoms with Crippen molar-refractivity contribution >= 4 is 11.7 Å². The normalized spacial score (nSPS) is 32.4. The van der Waals surface area contributed by atoms with Gasteiger partial charge in [-0.15, -0.1) is 0 Å². The number of Topliss-reactive ketones (excluding diaryl/α,β-unsaturated/α-hetero) is 1. The van der Waals surface area contributed by atoms with E-state index in [1.54, 1.807) is 88.5 Å². The van der Waals surface area contributed by atoms with Gasteiger partial charge >= 0.3 is 0 Å². The Bertz CT molecular complexity index is 2420. The Balaban J connectivity index is 1.39. The Morgan fingerprint density at radius 1 is 0.872 bits per heavy atom. The molecule has 4 rings (SSSR count). The number of aromatic hydroxyl groups is 1. The predicted octanol–water partition coefficient (Wildman–Crippen LogP) is 3.92. The minimum atomic E-state index is -2.05. The van der Waals surface area contributed by atoms with Gasteiger partial charge in [0.1, 0.15) is 47.9 Å². The highest BCUT2D eigenvalue weighted by Gasteiger charge is 2.58. The van der Waals surface area contributed by atoms with Crippen LogP contribution in [0.25, 0.3) is 0 Å². The molecule has 0 spiro atoms. The first-order chi connectivity index (χ1) is 36.8. The first kappa shape index (κ1) is 65.8. The molecule has 436 valence electrons. The number of ether oxygens (including phenoxy) is 8. The minimum absolute atomic E-state index is 0.0812. The molecule has 18 atom stereocenters. The Labute approximate surface area is 458 Å². The van der Waals surface area contributed by atoms with Crippen LogP contribution in [0.1, 0.15) is 85.5 Å². The van der Waals surface area contributed by atoms with Crippen LogP contribution in [0, 0.1) is 17.3 Å². The first-order valence-electron chi connectivity index (χ1n) is 26.4. The van der Waals surface area contributed by atoms with Crippen LogP contribution in [-0.2, 0) is 49.7 Å². The highest BCUT2D eigenvalue weighted by atomic mass is 16.8. The van der Waals surface area contributed by atoms with Crippen LogP contribution in [0.4, 0.5) is 0 Å². The van der Waals surface area contributed by atoms with E-state index < -0.39 is 138 Å². The molecule has 0 saturated carbocycles. The number of nitrogens with zero attached hydrogens (tertiary/aromatic N) is 1. The van der Waals surface area contributed by atoms with Crippen LogP contribution in [0.5, 0.6) is 5.75 Å². The number of aromatic nitrogens is 1. The Hall–Kier alpha value is -4.75. The zero-order valence-corrected chi connectivity index (χ0v) is 47.2. The molecule has 0 unspecified atom stereocenters. The lowest BCUT2D eigenvalue weighted by Gasteiger charge is -2.53. The van der Waals surface area contributed by atoms with Gasteiger partial charge in [-0.25, -0.2) is 0 Å². The molecule has 0 radical (unpaired) electrons. The molecule has 3 saturated heterocycles. The van der Waals surface area contributed by atoms with Crippen molar-refractivity contribution in [3.8, 4) is 5.75 Å². The quantitative estimate of drug-likeness (QED) is 0.0391. The number of nitrogens with one attached hydrogen (secondary N) is 1. The SMILES string of the molecule is C/C=C\C=C\[C@@H]1O[C@](O)([C@H](CC)C(=O)NC/C=C/C=C(\C)[C@@H](OC)[C@@H](C)[C@H](O)[C@@H](O)/C=C/C=C/C=C/C=C(\C)C(=O)c2c(O)ccn(C)c2=O)C[C@H](O[C@@H]2O[C@H](C)[C@@H](O[C@@H]3O[C@@H](C)[C@H](O)[C@@H](O)[C@H]3OC)[C@@H](OC)[C@H]2O)C1(C)C. The monoisotopic (exact) mass is 1100 g/mol. The van der Waals surface area contributed by atoms with Crippen molar-refractivity contribution in [3.05, 3.63) is 124 Å². The van der Waals surface area contributed by atoms with Crippen molar-refractivity contribution in [2.45, 2.75) is 173 Å². The smallest absolute Gasteiger partial charge is 0.265 e. The lowest BCUT2D eigenvalue weighted by molar-refractivity contribution is -0.377. The van der Waals surface area contributed by atoms with Crippen LogP contribution in [0.15, 0.2) is 113 Å². The summed E-state index contributed by atoms with van der Waals surface area (Å²) >= 11 is 0. The first-order valence-corrected chi connectivity index (χ1v) is 26.4. The Kier molecular flexibility index (Phi) is 25.4. The van der Waals surface area contributed by atoms with E-state index in [2.05, 4.69) is 5.32 Å². The molecule has 3 aliphatic heterocycles. The van der Waals surface area contributed by atoms with E-state index in [0.717, 1.165) is 5.57 Å². The van der Waals surface area contributed by atoms with Crippen LogP contribution in [0.3, 0.4) is 0 Å². The summed E-state index contributed by atoms with van der Waals surface area (Å²) in [4.78, 5) is 39.1. The molecule has 78 heavy (non-hydrogen) atoms. The van der Waals surface area contributed by atoms with Crippen molar-refractivity contribution in [1.82, 2.24) is 9.88 Å². The predicted molar refractivity (Wildman–Crippen MR) is 291 cm³/mol. The molecule has 3 fully saturated rings. The summed E-state index contributed by atoms with van der Waals surface area (Å²) in [6, 6.07) is 1.28. The standard InChI is InChI=1S/C58H86N2O18/c1-14-16-20-28-41-57(8,9)42(76-55-48(67)51(72-12)50(37(7)75-55)77-56-52(73-13)47(66)46(65)36(6)74-56)32-58(70,78-41)38(15-2)53(68)59-30-24-23-26-34(4)49(71-11)35(5)45(64)40(62)27-22-19-17-18-21-25-33(3)44(63)43-39(61)29-31-60(10)54(43)69/h14,16-29,31,35-38,40-42,45-52,55-56,61-62,64-67,70H,15,30,32H2,1-13H3,(H,59,68)/b16-14-,19-17+,21-18+,24-23+,27-22+,28-20+,33-25+,34-26+/t35-,36-,37+,38+,40-,41-,42-,45-,46-,47+,48+,49+,50+,51-,52+,55-,56-,58-/m0/s1. The molecule has 20 nitrogen and oxygen atoms in total. The van der Waals surface area contributed by atoms with Crippen LogP contribution >= 0.6 is 0 Å². The maximum absolute atomic E-state index is 14.0. The van der Waals surface area contributed by atoms with Crippen molar-refractivity contribution in [2.75, 3.05) is 27.9 Å². The summed E-state index contributed by atoms with van der Waals surface area (Å²) in [7, 11) is 5.73. The second-order valence-electron chi connectivity index (χ2n) is 20.7. The Morgan fingerprint density at radius 2 is 1.53 bits per heavy atom. The van der Waals surface area contributed by atoms with Gasteiger partial charge in [0.2, 0.25) is 5.91 Å². The summed E-state index contributed by atoms with van der Waals surface area (Å²) in [5, 5.41) is 80.1. The summed E-state index contributed by atoms with van der Waals surface area (Å²) in [5.74, 6) is -5.15. The zero-order chi connectivity index (χ0) is 58.2. The van der Waals surface area contributed by atoms with E-state index in [4.69, 9.17) is 37.9 Å². The average Bonchev–Trinajstić information content (AvgIpc) is 3.47. The van der Waals surface area contributed by atoms with Gasteiger partial charge in [0, 0.05) is 58.9 Å². The number of carbonyl (C=O) groups is 2. The second-order valence-corrected chi connectivity index (χ2v) is 20.7. The third-order valence-corrected chi connectivity index (χ3v) is 14.8. The highest BCUT2D eigenvalue weighted by Crippen LogP contribution is 2.47. The fourth-order valence-corrected chi connectivity index (χ4v) is 9.85. The van der Waals surface area contributed by atoms with Gasteiger partial charge < -0.3 is 83.5 Å². The third kappa shape index (κ3) is 16.2. The minimum Gasteiger partial charge on any atom is -0.507 e. The van der Waals surface area contributed by atoms with Crippen LogP contribution in [0.2, 0.25) is 0 Å². The number of pyridine rings is 1. The maximum Gasteiger partial charge on any atom is 0.265 e. The number of allylic oxidation sites excluding steroid dienone is 12. The number of aliphatic hydroxyl groups is 6. The molecule has 20 heteroatoms. The average molecular weight is 1100 g/mol. The number of carbonyl (C=O) groups excluding carboxylic acids is 2. The van der Waals surface area contributed by atoms with Gasteiger partial charge in [0.15, 0.2) is 24.2 Å². The highest BCUT2D eigenvalue weighted by molar-refractivity contribution is 6.09. The van der Waals surface area contributed by atoms with E-state index >= 15 is 0 Å². The van der Waals surface area contributed by atoms with Gasteiger partial charge in [-0.1, -0.05) is 113 Å². The van der Waals surface area contributed by atoms with E-state index in [1.165, 1.54) is 64.3 Å². The summed E-state index contributed by atoms with van der Waals surface area (Å²) in [6.07, 6.45) is 9.05. The number of hydrogen-bond acceptors (Lipinski definition) is 18. The summed E-state index contributed by atoms with van der Waals surface area (Å²) in [5.41, 5.74) is -0.793. The number of methoxy groups -OCH3 is 3. The number of hydrogen-bond donors (Lipinski definition) is 8. The van der Waals surface area contributed by atoms with E-state index in [9.17, 15) is 50.1 Å². The van der Waals surface area contributed by atoms with Gasteiger partial charge in [-0.3, -0.25) is 14.4 Å². The third-order valence-electron chi connectivity index (χ3n) is 14.8. The number of amides is 1. The van der Waals surface area contributed by atoms with Gasteiger partial charge in [0.05, 0.1) is 48.6 Å². The number of ketones is 1. The lowest BCUT2D eigenvalue weighted by atomic mass is 9.72. The van der Waals surface area contributed by atoms with Crippen molar-refractivity contribution in [2.24, 2.45) is 24.3 Å². The number of aliphatic hydroxyl groups excluding tert-OH is 5. The van der Waals surface area contributed by atoms with Gasteiger partial charge in [-0.05, 0) is 58.3 Å². The molecule has 3 aliphatic rings. The van der Waals surface area contributed by atoms with E-state index in [-0.39, 0.29) is 30.5 Å². The number of rotatable bonds is 25. The molecular formula is C58H86N2O18. The van der Waals surface area contributed by atoms with Crippen molar-refractivity contribution < 1.29 is 83.2 Å². The maximum atomic E-state index is 14.0. The second kappa shape index (κ2) is 30.2. The van der Waals surface area contributed by atoms with Gasteiger partial charge in [0.25, 0.3) is 5.56 Å². The largest absolute Gasteiger partial charge is 0.507 e. The summed E-state index contributed by atoms with van der Waals surface area (Å²) < 4.78 is 49.6. The molecule has 4 heterocycles. The topological polar surface area (TPSA) is 284 Å². The molecule has 1 amide bonds. The van der Waals surface area contributed by atoms with E-state index in [1.807, 2.05) is 39.8 Å². The molecule has 0 aliphatic carbocycles. The lowest BCUT2D eigenvalue weighted by Crippen LogP contribution is -2.65. The molecule has 1 aromatic heterocycles. The fraction of sp³-hybridized carbons (Fsp3) is 0.603. The van der Waals surface area contributed by atoms with E-state index in [0.29, 0.717) is 0 Å². The van der Waals surface area contributed by atoms with Crippen LogP contribution in [-0.4, -0.2) is 178 Å². The summed E-state index contributed by atoms with van der Waals surface area (Å²) in [6.45, 7) is 15.9. The molecule has 0 aromatic carbocycles. The van der Waals surface area contributed by atoms with Crippen molar-refractivity contribution in [1.29, 1.82) is 0 Å². The molecule has 8 N–H and O–H groups in total. The van der Waals surface area contributed by atoms with Crippen molar-refractivity contribution in [3.63, 3.8) is 0 Å². The number of aryl methyl sites for hydroxylation is 1. The van der Waals surface area contributed by atoms with Gasteiger partial charge in [-0.2, -0.15) is 0 Å². The molecular weight excluding hydrogens is 1010 g/mol. The van der Waals surface area contributed by atoms with Crippen LogP contribution < -0.4 is 10.9 Å². The Morgan fingerprint density at radius 3 is 2.17 bits per heavy atom.